The Hall–Kier alpha value is 0.170. The molecule has 0 bridgehead atoms. The molecule has 108 valence electrons. The first-order chi connectivity index (χ1) is 8.62. The molecule has 1 fully saturated rings. The Morgan fingerprint density at radius 2 is 2.11 bits per heavy atom. The molecular formula is C9H8BrClF3NO2S2. The van der Waals surface area contributed by atoms with E-state index in [9.17, 15) is 21.6 Å². The lowest BCUT2D eigenvalue weighted by Gasteiger charge is -2.16. The molecule has 1 aromatic rings. The predicted molar refractivity (Wildman–Crippen MR) is 69.9 cm³/mol. The van der Waals surface area contributed by atoms with Crippen LogP contribution in [-0.4, -0.2) is 32.0 Å². The highest BCUT2D eigenvalue weighted by molar-refractivity contribution is 9.11. The van der Waals surface area contributed by atoms with Gasteiger partial charge in [0.05, 0.1) is 14.7 Å². The van der Waals surface area contributed by atoms with Crippen molar-refractivity contribution in [3.8, 4) is 0 Å². The molecule has 0 aliphatic carbocycles. The highest BCUT2D eigenvalue weighted by atomic mass is 79.9. The summed E-state index contributed by atoms with van der Waals surface area (Å²) in [7, 11) is -3.90. The van der Waals surface area contributed by atoms with E-state index < -0.39 is 28.7 Å². The Morgan fingerprint density at radius 3 is 2.53 bits per heavy atom. The van der Waals surface area contributed by atoms with E-state index in [1.54, 1.807) is 0 Å². The molecule has 3 nitrogen and oxygen atoms in total. The zero-order chi connectivity index (χ0) is 14.4. The first-order valence-electron chi connectivity index (χ1n) is 5.14. The van der Waals surface area contributed by atoms with Crippen molar-refractivity contribution in [2.75, 3.05) is 13.1 Å². The summed E-state index contributed by atoms with van der Waals surface area (Å²) in [6.07, 6.45) is -4.57. The third-order valence-corrected chi connectivity index (χ3v) is 7.62. The second-order valence-electron chi connectivity index (χ2n) is 4.08. The SMILES string of the molecule is O=S(=O)(c1cc(Cl)c(Br)s1)N1CCC(C(F)(F)F)C1. The molecule has 1 unspecified atom stereocenters. The van der Waals surface area contributed by atoms with Gasteiger partial charge in [-0.05, 0) is 28.4 Å². The van der Waals surface area contributed by atoms with E-state index >= 15 is 0 Å². The fourth-order valence-corrected chi connectivity index (χ4v) is 5.85. The zero-order valence-corrected chi connectivity index (χ0v) is 13.2. The Balaban J connectivity index is 2.23. The summed E-state index contributed by atoms with van der Waals surface area (Å²) in [5.41, 5.74) is 0. The lowest BCUT2D eigenvalue weighted by Crippen LogP contribution is -2.31. The van der Waals surface area contributed by atoms with Crippen LogP contribution in [0.5, 0.6) is 0 Å². The normalized spacial score (nSPS) is 22.1. The van der Waals surface area contributed by atoms with Crippen LogP contribution < -0.4 is 0 Å². The van der Waals surface area contributed by atoms with Crippen molar-refractivity contribution in [1.29, 1.82) is 0 Å². The van der Waals surface area contributed by atoms with Gasteiger partial charge in [-0.3, -0.25) is 0 Å². The number of rotatable bonds is 2. The molecule has 0 spiro atoms. The predicted octanol–water partition coefficient (Wildman–Crippen LogP) is 3.74. The van der Waals surface area contributed by atoms with Gasteiger partial charge < -0.3 is 0 Å². The van der Waals surface area contributed by atoms with Gasteiger partial charge in [-0.15, -0.1) is 11.3 Å². The third kappa shape index (κ3) is 3.10. The second-order valence-corrected chi connectivity index (χ2v) is 9.02. The summed E-state index contributed by atoms with van der Waals surface area (Å²) in [4.78, 5) is 0. The van der Waals surface area contributed by atoms with E-state index in [1.807, 2.05) is 0 Å². The van der Waals surface area contributed by atoms with Crippen LogP contribution in [0.1, 0.15) is 6.42 Å². The second kappa shape index (κ2) is 5.18. The maximum absolute atomic E-state index is 12.5. The lowest BCUT2D eigenvalue weighted by molar-refractivity contribution is -0.169. The quantitative estimate of drug-likeness (QED) is 0.761. The maximum Gasteiger partial charge on any atom is 0.393 e. The molecule has 1 aliphatic heterocycles. The number of alkyl halides is 3. The topological polar surface area (TPSA) is 37.4 Å². The molecule has 0 saturated carbocycles. The minimum atomic E-state index is -4.36. The minimum absolute atomic E-state index is 0.0489. The first kappa shape index (κ1) is 15.6. The summed E-state index contributed by atoms with van der Waals surface area (Å²) in [5, 5.41) is 0.232. The first-order valence-corrected chi connectivity index (χ1v) is 8.57. The van der Waals surface area contributed by atoms with Crippen molar-refractivity contribution in [3.63, 3.8) is 0 Å². The zero-order valence-electron chi connectivity index (χ0n) is 9.25. The van der Waals surface area contributed by atoms with Crippen molar-refractivity contribution < 1.29 is 21.6 Å². The van der Waals surface area contributed by atoms with E-state index in [0.717, 1.165) is 15.6 Å². The van der Waals surface area contributed by atoms with Crippen molar-refractivity contribution in [2.24, 2.45) is 5.92 Å². The van der Waals surface area contributed by atoms with Crippen LogP contribution in [0.2, 0.25) is 5.02 Å². The molecule has 0 amide bonds. The summed E-state index contributed by atoms with van der Waals surface area (Å²) in [6, 6.07) is 1.24. The Morgan fingerprint density at radius 1 is 1.47 bits per heavy atom. The average molecular weight is 399 g/mol. The molecule has 0 aromatic carbocycles. The van der Waals surface area contributed by atoms with Crippen molar-refractivity contribution in [1.82, 2.24) is 4.31 Å². The van der Waals surface area contributed by atoms with Gasteiger partial charge in [0.15, 0.2) is 0 Å². The van der Waals surface area contributed by atoms with Crippen LogP contribution >= 0.6 is 38.9 Å². The molecule has 0 radical (unpaired) electrons. The summed E-state index contributed by atoms with van der Waals surface area (Å²) in [6.45, 7) is -0.654. The van der Waals surface area contributed by atoms with Gasteiger partial charge in [-0.25, -0.2) is 8.42 Å². The molecule has 1 aliphatic rings. The molecule has 1 saturated heterocycles. The summed E-state index contributed by atoms with van der Waals surface area (Å²) >= 11 is 9.72. The van der Waals surface area contributed by atoms with Gasteiger partial charge >= 0.3 is 6.18 Å². The van der Waals surface area contributed by atoms with Gasteiger partial charge in [-0.2, -0.15) is 17.5 Å². The van der Waals surface area contributed by atoms with Gasteiger partial charge in [0.2, 0.25) is 0 Å². The molecule has 19 heavy (non-hydrogen) atoms. The molecule has 1 aromatic heterocycles. The van der Waals surface area contributed by atoms with Crippen LogP contribution in [0.4, 0.5) is 13.2 Å². The molecular weight excluding hydrogens is 391 g/mol. The number of thiophene rings is 1. The monoisotopic (exact) mass is 397 g/mol. The standard InChI is InChI=1S/C9H8BrClF3NO2S2/c10-8-6(11)3-7(18-8)19(16,17)15-2-1-5(4-15)9(12,13)14/h3,5H,1-2,4H2. The van der Waals surface area contributed by atoms with Crippen LogP contribution in [0.25, 0.3) is 0 Å². The Labute approximate surface area is 125 Å². The number of sulfonamides is 1. The molecule has 2 rings (SSSR count). The van der Waals surface area contributed by atoms with Crippen LogP contribution in [-0.2, 0) is 10.0 Å². The fourth-order valence-electron chi connectivity index (χ4n) is 1.79. The van der Waals surface area contributed by atoms with Crippen molar-refractivity contribution >= 4 is 48.9 Å². The van der Waals surface area contributed by atoms with Crippen molar-refractivity contribution in [3.05, 3.63) is 14.9 Å². The maximum atomic E-state index is 12.5. The van der Waals surface area contributed by atoms with Gasteiger partial charge in [-0.1, -0.05) is 11.6 Å². The van der Waals surface area contributed by atoms with Gasteiger partial charge in [0, 0.05) is 13.1 Å². The molecule has 2 heterocycles. The average Bonchev–Trinajstić information content (AvgIpc) is 2.86. The van der Waals surface area contributed by atoms with Crippen molar-refractivity contribution in [2.45, 2.75) is 16.8 Å². The van der Waals surface area contributed by atoms with E-state index in [2.05, 4.69) is 15.9 Å². The van der Waals surface area contributed by atoms with Gasteiger partial charge in [0.1, 0.15) is 4.21 Å². The lowest BCUT2D eigenvalue weighted by atomic mass is 10.1. The smallest absolute Gasteiger partial charge is 0.206 e. The van der Waals surface area contributed by atoms with Crippen LogP contribution in [0.3, 0.4) is 0 Å². The molecule has 0 N–H and O–H groups in total. The number of halogens is 5. The Bertz CT molecular complexity index is 567. The summed E-state index contributed by atoms with van der Waals surface area (Å²) in [5.74, 6) is -1.60. The summed E-state index contributed by atoms with van der Waals surface area (Å²) < 4.78 is 63.2. The van der Waals surface area contributed by atoms with E-state index in [1.165, 1.54) is 6.07 Å². The highest BCUT2D eigenvalue weighted by Crippen LogP contribution is 2.39. The highest BCUT2D eigenvalue weighted by Gasteiger charge is 2.46. The van der Waals surface area contributed by atoms with E-state index in [4.69, 9.17) is 11.6 Å². The van der Waals surface area contributed by atoms with E-state index in [-0.39, 0.29) is 22.2 Å². The van der Waals surface area contributed by atoms with Crippen LogP contribution in [0.15, 0.2) is 14.1 Å². The Kier molecular flexibility index (Phi) is 4.24. The van der Waals surface area contributed by atoms with E-state index in [0.29, 0.717) is 3.79 Å². The number of hydrogen-bond donors (Lipinski definition) is 0. The fraction of sp³-hybridized carbons (Fsp3) is 0.556. The largest absolute Gasteiger partial charge is 0.393 e. The van der Waals surface area contributed by atoms with Crippen LogP contribution in [0, 0.1) is 5.92 Å². The number of hydrogen-bond acceptors (Lipinski definition) is 3. The molecule has 10 heteroatoms. The van der Waals surface area contributed by atoms with Gasteiger partial charge in [0.25, 0.3) is 10.0 Å². The molecule has 1 atom stereocenters. The number of nitrogens with zero attached hydrogens (tertiary/aromatic N) is 1. The minimum Gasteiger partial charge on any atom is -0.206 e. The third-order valence-electron chi connectivity index (χ3n) is 2.83.